The summed E-state index contributed by atoms with van der Waals surface area (Å²) in [7, 11) is 1.62. The summed E-state index contributed by atoms with van der Waals surface area (Å²) in [6.45, 7) is 6.57. The van der Waals surface area contributed by atoms with Crippen LogP contribution in [0.3, 0.4) is 0 Å². The normalized spacial score (nSPS) is 13.7. The van der Waals surface area contributed by atoms with Gasteiger partial charge in [-0.1, -0.05) is 6.92 Å². The Kier molecular flexibility index (Phi) is 5.23. The molecule has 1 aromatic rings. The van der Waals surface area contributed by atoms with Crippen molar-refractivity contribution in [1.29, 1.82) is 0 Å². The van der Waals surface area contributed by atoms with Crippen LogP contribution in [-0.4, -0.2) is 25.3 Å². The summed E-state index contributed by atoms with van der Waals surface area (Å²) in [5.41, 5.74) is -0.0829. The monoisotopic (exact) mass is 257 g/mol. The van der Waals surface area contributed by atoms with Crippen molar-refractivity contribution in [3.8, 4) is 0 Å². The van der Waals surface area contributed by atoms with Gasteiger partial charge in [0.1, 0.15) is 11.6 Å². The van der Waals surface area contributed by atoms with Crippen LogP contribution in [0.25, 0.3) is 0 Å². The van der Waals surface area contributed by atoms with E-state index in [-0.39, 0.29) is 11.9 Å². The first kappa shape index (κ1) is 15.1. The van der Waals surface area contributed by atoms with Gasteiger partial charge in [-0.25, -0.2) is 8.78 Å². The first-order valence-electron chi connectivity index (χ1n) is 6.13. The van der Waals surface area contributed by atoms with Crippen molar-refractivity contribution >= 4 is 0 Å². The van der Waals surface area contributed by atoms with Gasteiger partial charge in [-0.2, -0.15) is 0 Å². The van der Waals surface area contributed by atoms with E-state index in [2.05, 4.69) is 5.32 Å². The molecule has 0 saturated heterocycles. The molecule has 1 N–H and O–H groups in total. The van der Waals surface area contributed by atoms with Crippen LogP contribution in [0, 0.1) is 11.6 Å². The molecule has 0 aliphatic rings. The zero-order chi connectivity index (χ0) is 13.8. The number of ether oxygens (including phenoxy) is 1. The maximum absolute atomic E-state index is 13.6. The summed E-state index contributed by atoms with van der Waals surface area (Å²) in [6.07, 6.45) is 0.387. The Balaban J connectivity index is 2.93. The lowest BCUT2D eigenvalue weighted by Gasteiger charge is -2.34. The standard InChI is InChI=1S/C14H21F2NO/c1-5-17-13(14(2,3)18-4)9-10-8-11(15)6-7-12(10)16/h6-8,13,17H,5,9H2,1-4H3. The lowest BCUT2D eigenvalue weighted by atomic mass is 9.92. The van der Waals surface area contributed by atoms with Gasteiger partial charge in [0.25, 0.3) is 0 Å². The van der Waals surface area contributed by atoms with Gasteiger partial charge < -0.3 is 10.1 Å². The zero-order valence-corrected chi connectivity index (χ0v) is 11.4. The fourth-order valence-electron chi connectivity index (χ4n) is 1.87. The zero-order valence-electron chi connectivity index (χ0n) is 11.4. The molecule has 0 amide bonds. The summed E-state index contributed by atoms with van der Waals surface area (Å²) in [6, 6.07) is 3.45. The maximum atomic E-state index is 13.6. The first-order valence-corrected chi connectivity index (χ1v) is 6.13. The first-order chi connectivity index (χ1) is 8.40. The van der Waals surface area contributed by atoms with Crippen LogP contribution in [-0.2, 0) is 11.2 Å². The van der Waals surface area contributed by atoms with Crippen molar-refractivity contribution in [3.05, 3.63) is 35.4 Å². The highest BCUT2D eigenvalue weighted by molar-refractivity contribution is 5.20. The molecule has 1 unspecified atom stereocenters. The minimum absolute atomic E-state index is 0.0798. The van der Waals surface area contributed by atoms with Gasteiger partial charge in [0.2, 0.25) is 0 Å². The molecule has 0 heterocycles. The summed E-state index contributed by atoms with van der Waals surface area (Å²) >= 11 is 0. The lowest BCUT2D eigenvalue weighted by molar-refractivity contribution is -0.00980. The number of benzene rings is 1. The van der Waals surface area contributed by atoms with Crippen LogP contribution in [0.4, 0.5) is 8.78 Å². The quantitative estimate of drug-likeness (QED) is 0.846. The molecule has 1 rings (SSSR count). The van der Waals surface area contributed by atoms with Crippen molar-refractivity contribution < 1.29 is 13.5 Å². The third kappa shape index (κ3) is 3.75. The second-order valence-corrected chi connectivity index (χ2v) is 4.86. The van der Waals surface area contributed by atoms with Crippen LogP contribution < -0.4 is 5.32 Å². The molecule has 0 aliphatic carbocycles. The molecule has 102 valence electrons. The van der Waals surface area contributed by atoms with Gasteiger partial charge >= 0.3 is 0 Å². The highest BCUT2D eigenvalue weighted by atomic mass is 19.1. The van der Waals surface area contributed by atoms with E-state index in [1.54, 1.807) is 7.11 Å². The average Bonchev–Trinajstić information content (AvgIpc) is 2.33. The molecule has 1 atom stereocenters. The number of nitrogens with one attached hydrogen (secondary N) is 1. The molecule has 0 aromatic heterocycles. The summed E-state index contributed by atoms with van der Waals surface area (Å²) in [4.78, 5) is 0. The third-order valence-corrected chi connectivity index (χ3v) is 3.25. The van der Waals surface area contributed by atoms with Crippen molar-refractivity contribution in [2.75, 3.05) is 13.7 Å². The molecular formula is C14H21F2NO. The number of halogens is 2. The van der Waals surface area contributed by atoms with Gasteiger partial charge in [-0.15, -0.1) is 0 Å². The molecule has 4 heteroatoms. The van der Waals surface area contributed by atoms with Gasteiger partial charge in [-0.3, -0.25) is 0 Å². The van der Waals surface area contributed by atoms with E-state index < -0.39 is 11.4 Å². The molecule has 0 aliphatic heterocycles. The fourth-order valence-corrected chi connectivity index (χ4v) is 1.87. The average molecular weight is 257 g/mol. The van der Waals surface area contributed by atoms with E-state index >= 15 is 0 Å². The Morgan fingerprint density at radius 2 is 2.00 bits per heavy atom. The van der Waals surface area contributed by atoms with Crippen molar-refractivity contribution in [2.24, 2.45) is 0 Å². The van der Waals surface area contributed by atoms with Crippen LogP contribution in [0.15, 0.2) is 18.2 Å². The SMILES string of the molecule is CCNC(Cc1cc(F)ccc1F)C(C)(C)OC. The molecule has 0 radical (unpaired) electrons. The Morgan fingerprint density at radius 3 is 2.56 bits per heavy atom. The van der Waals surface area contributed by atoms with Gasteiger partial charge in [0.15, 0.2) is 0 Å². The van der Waals surface area contributed by atoms with Crippen LogP contribution in [0.2, 0.25) is 0 Å². The number of hydrogen-bond donors (Lipinski definition) is 1. The van der Waals surface area contributed by atoms with Crippen LogP contribution >= 0.6 is 0 Å². The maximum Gasteiger partial charge on any atom is 0.126 e. The number of likely N-dealkylation sites (N-methyl/N-ethyl adjacent to an activating group) is 1. The Labute approximate surface area is 107 Å². The third-order valence-electron chi connectivity index (χ3n) is 3.25. The van der Waals surface area contributed by atoms with E-state index in [1.165, 1.54) is 6.07 Å². The van der Waals surface area contributed by atoms with Gasteiger partial charge in [0, 0.05) is 13.2 Å². The second kappa shape index (κ2) is 6.25. The molecule has 0 saturated carbocycles. The minimum atomic E-state index is -0.450. The topological polar surface area (TPSA) is 21.3 Å². The Bertz CT molecular complexity index is 393. The van der Waals surface area contributed by atoms with E-state index in [9.17, 15) is 8.78 Å². The lowest BCUT2D eigenvalue weighted by Crippen LogP contribution is -2.49. The van der Waals surface area contributed by atoms with Gasteiger partial charge in [-0.05, 0) is 50.6 Å². The molecule has 1 aromatic carbocycles. The van der Waals surface area contributed by atoms with Crippen molar-refractivity contribution in [1.82, 2.24) is 5.32 Å². The number of rotatable bonds is 6. The summed E-state index contributed by atoms with van der Waals surface area (Å²) in [5, 5.41) is 3.25. The molecular weight excluding hydrogens is 236 g/mol. The van der Waals surface area contributed by atoms with Crippen LogP contribution in [0.1, 0.15) is 26.3 Å². The molecule has 0 fully saturated rings. The summed E-state index contributed by atoms with van der Waals surface area (Å²) < 4.78 is 32.2. The highest BCUT2D eigenvalue weighted by Gasteiger charge is 2.29. The predicted molar refractivity (Wildman–Crippen MR) is 68.6 cm³/mol. The predicted octanol–water partition coefficient (Wildman–Crippen LogP) is 2.91. The van der Waals surface area contributed by atoms with E-state index in [0.717, 1.165) is 18.7 Å². The Morgan fingerprint density at radius 1 is 1.33 bits per heavy atom. The molecule has 2 nitrogen and oxygen atoms in total. The van der Waals surface area contributed by atoms with E-state index in [1.807, 2.05) is 20.8 Å². The molecule has 18 heavy (non-hydrogen) atoms. The van der Waals surface area contributed by atoms with E-state index in [4.69, 9.17) is 4.74 Å². The minimum Gasteiger partial charge on any atom is -0.377 e. The second-order valence-electron chi connectivity index (χ2n) is 4.86. The summed E-state index contributed by atoms with van der Waals surface area (Å²) in [5.74, 6) is -0.803. The highest BCUT2D eigenvalue weighted by Crippen LogP contribution is 2.20. The van der Waals surface area contributed by atoms with Gasteiger partial charge in [0.05, 0.1) is 5.60 Å². The number of methoxy groups -OCH3 is 1. The smallest absolute Gasteiger partial charge is 0.126 e. The fraction of sp³-hybridized carbons (Fsp3) is 0.571. The molecule has 0 bridgehead atoms. The Hall–Kier alpha value is -1.00. The van der Waals surface area contributed by atoms with Crippen molar-refractivity contribution in [2.45, 2.75) is 38.8 Å². The largest absolute Gasteiger partial charge is 0.377 e. The van der Waals surface area contributed by atoms with E-state index in [0.29, 0.717) is 12.0 Å². The molecule has 0 spiro atoms. The number of hydrogen-bond acceptors (Lipinski definition) is 2. The van der Waals surface area contributed by atoms with Crippen molar-refractivity contribution in [3.63, 3.8) is 0 Å². The van der Waals surface area contributed by atoms with Crippen LogP contribution in [0.5, 0.6) is 0 Å².